The van der Waals surface area contributed by atoms with Crippen LogP contribution in [0.5, 0.6) is 0 Å². The van der Waals surface area contributed by atoms with Gasteiger partial charge >= 0.3 is 6.18 Å². The van der Waals surface area contributed by atoms with Gasteiger partial charge in [-0.15, -0.1) is 0 Å². The summed E-state index contributed by atoms with van der Waals surface area (Å²) in [7, 11) is 1.52. The van der Waals surface area contributed by atoms with Crippen molar-refractivity contribution in [2.75, 3.05) is 25.6 Å². The summed E-state index contributed by atoms with van der Waals surface area (Å²) < 4.78 is 43.7. The van der Waals surface area contributed by atoms with Crippen molar-refractivity contribution in [2.24, 2.45) is 11.7 Å². The lowest BCUT2D eigenvalue weighted by Crippen LogP contribution is -2.53. The van der Waals surface area contributed by atoms with Crippen LogP contribution in [0.4, 0.5) is 18.9 Å². The zero-order chi connectivity index (χ0) is 16.3. The highest BCUT2D eigenvalue weighted by Gasteiger charge is 2.35. The molecule has 3 nitrogen and oxygen atoms in total. The molecule has 3 N–H and O–H groups in total. The number of rotatable bonds is 6. The van der Waals surface area contributed by atoms with Gasteiger partial charge in [0.05, 0.1) is 17.7 Å². The van der Waals surface area contributed by atoms with E-state index in [1.807, 2.05) is 13.8 Å². The molecule has 1 aromatic carbocycles. The molecule has 1 atom stereocenters. The number of hydrogen-bond acceptors (Lipinski definition) is 3. The Labute approximate surface area is 127 Å². The Bertz CT molecular complexity index is 480. The van der Waals surface area contributed by atoms with Gasteiger partial charge in [0.15, 0.2) is 0 Å². The first-order chi connectivity index (χ1) is 9.64. The number of alkyl halides is 3. The highest BCUT2D eigenvalue weighted by Crippen LogP contribution is 2.34. The van der Waals surface area contributed by atoms with Crippen molar-refractivity contribution in [3.8, 4) is 0 Å². The van der Waals surface area contributed by atoms with Gasteiger partial charge in [-0.2, -0.15) is 13.2 Å². The van der Waals surface area contributed by atoms with E-state index in [0.29, 0.717) is 0 Å². The molecule has 0 saturated heterocycles. The standard InChI is InChI=1S/C14H20ClF3N2O/c1-9(2)13(7-19,8-21-3)20-12-5-10(14(16,17)18)4-11(15)6-12/h4-6,9,20H,7-8,19H2,1-3H3. The third-order valence-electron chi connectivity index (χ3n) is 3.49. The molecule has 120 valence electrons. The van der Waals surface area contributed by atoms with Gasteiger partial charge in [-0.3, -0.25) is 0 Å². The Morgan fingerprint density at radius 1 is 1.29 bits per heavy atom. The fourth-order valence-corrected chi connectivity index (χ4v) is 2.30. The normalized spacial score (nSPS) is 15.1. The Kier molecular flexibility index (Phi) is 5.90. The number of anilines is 1. The first-order valence-electron chi connectivity index (χ1n) is 6.49. The number of methoxy groups -OCH3 is 1. The smallest absolute Gasteiger partial charge is 0.382 e. The summed E-state index contributed by atoms with van der Waals surface area (Å²) in [5, 5.41) is 3.07. The average molecular weight is 325 g/mol. The fourth-order valence-electron chi connectivity index (χ4n) is 2.06. The summed E-state index contributed by atoms with van der Waals surface area (Å²) in [5.41, 5.74) is 4.61. The number of hydrogen-bond donors (Lipinski definition) is 2. The number of halogens is 4. The summed E-state index contributed by atoms with van der Waals surface area (Å²) in [5.74, 6) is 0.0516. The molecule has 0 aromatic heterocycles. The van der Waals surface area contributed by atoms with Gasteiger partial charge in [0, 0.05) is 24.4 Å². The van der Waals surface area contributed by atoms with E-state index < -0.39 is 17.3 Å². The lowest BCUT2D eigenvalue weighted by atomic mass is 9.86. The van der Waals surface area contributed by atoms with Crippen LogP contribution in [0, 0.1) is 5.92 Å². The van der Waals surface area contributed by atoms with E-state index in [1.165, 1.54) is 13.2 Å². The molecular formula is C14H20ClF3N2O. The molecule has 7 heteroatoms. The highest BCUT2D eigenvalue weighted by atomic mass is 35.5. The van der Waals surface area contributed by atoms with E-state index in [9.17, 15) is 13.2 Å². The molecule has 0 aliphatic rings. The molecule has 0 aliphatic heterocycles. The molecule has 0 fully saturated rings. The van der Waals surface area contributed by atoms with Crippen molar-refractivity contribution in [1.82, 2.24) is 0 Å². The molecule has 0 spiro atoms. The largest absolute Gasteiger partial charge is 0.416 e. The maximum absolute atomic E-state index is 12.8. The average Bonchev–Trinajstić information content (AvgIpc) is 2.36. The van der Waals surface area contributed by atoms with Crippen LogP contribution in [0.2, 0.25) is 5.02 Å². The van der Waals surface area contributed by atoms with Crippen LogP contribution in [0.25, 0.3) is 0 Å². The maximum Gasteiger partial charge on any atom is 0.416 e. The van der Waals surface area contributed by atoms with E-state index in [0.717, 1.165) is 12.1 Å². The van der Waals surface area contributed by atoms with Crippen LogP contribution < -0.4 is 11.1 Å². The van der Waals surface area contributed by atoms with Crippen molar-refractivity contribution in [2.45, 2.75) is 25.6 Å². The minimum atomic E-state index is -4.45. The lowest BCUT2D eigenvalue weighted by Gasteiger charge is -2.38. The molecule has 0 amide bonds. The Morgan fingerprint density at radius 2 is 1.90 bits per heavy atom. The molecular weight excluding hydrogens is 305 g/mol. The van der Waals surface area contributed by atoms with Gasteiger partial charge < -0.3 is 15.8 Å². The van der Waals surface area contributed by atoms with Crippen LogP contribution in [0.15, 0.2) is 18.2 Å². The second-order valence-corrected chi connectivity index (χ2v) is 5.74. The highest BCUT2D eigenvalue weighted by molar-refractivity contribution is 6.30. The zero-order valence-electron chi connectivity index (χ0n) is 12.2. The van der Waals surface area contributed by atoms with Crippen molar-refractivity contribution in [3.05, 3.63) is 28.8 Å². The number of nitrogens with one attached hydrogen (secondary N) is 1. The summed E-state index contributed by atoms with van der Waals surface area (Å²) >= 11 is 5.78. The second-order valence-electron chi connectivity index (χ2n) is 5.30. The van der Waals surface area contributed by atoms with Crippen molar-refractivity contribution < 1.29 is 17.9 Å². The first-order valence-corrected chi connectivity index (χ1v) is 6.87. The molecule has 0 aliphatic carbocycles. The third-order valence-corrected chi connectivity index (χ3v) is 3.71. The molecule has 1 rings (SSSR count). The number of benzene rings is 1. The van der Waals surface area contributed by atoms with Gasteiger partial charge in [-0.25, -0.2) is 0 Å². The summed E-state index contributed by atoms with van der Waals surface area (Å²) in [4.78, 5) is 0. The van der Waals surface area contributed by atoms with E-state index in [4.69, 9.17) is 22.1 Å². The minimum Gasteiger partial charge on any atom is -0.382 e. The van der Waals surface area contributed by atoms with Crippen LogP contribution >= 0.6 is 11.6 Å². The maximum atomic E-state index is 12.8. The zero-order valence-corrected chi connectivity index (χ0v) is 13.0. The Balaban J connectivity index is 3.18. The quantitative estimate of drug-likeness (QED) is 0.837. The van der Waals surface area contributed by atoms with Crippen LogP contribution in [0.3, 0.4) is 0 Å². The molecule has 1 unspecified atom stereocenters. The van der Waals surface area contributed by atoms with E-state index >= 15 is 0 Å². The van der Waals surface area contributed by atoms with E-state index in [2.05, 4.69) is 5.32 Å². The molecule has 1 aromatic rings. The van der Waals surface area contributed by atoms with Crippen LogP contribution in [0.1, 0.15) is 19.4 Å². The van der Waals surface area contributed by atoms with E-state index in [1.54, 1.807) is 0 Å². The number of nitrogens with two attached hydrogens (primary N) is 1. The van der Waals surface area contributed by atoms with Gasteiger partial charge in [-0.1, -0.05) is 25.4 Å². The third kappa shape index (κ3) is 4.49. The second kappa shape index (κ2) is 6.85. The van der Waals surface area contributed by atoms with Crippen molar-refractivity contribution >= 4 is 17.3 Å². The topological polar surface area (TPSA) is 47.3 Å². The van der Waals surface area contributed by atoms with Crippen molar-refractivity contribution in [3.63, 3.8) is 0 Å². The fraction of sp³-hybridized carbons (Fsp3) is 0.571. The molecule has 0 bridgehead atoms. The first kappa shape index (κ1) is 18.1. The summed E-state index contributed by atoms with van der Waals surface area (Å²) in [6.45, 7) is 4.34. The molecule has 0 heterocycles. The molecule has 0 saturated carbocycles. The SMILES string of the molecule is COCC(CN)(Nc1cc(Cl)cc(C(F)(F)F)c1)C(C)C. The predicted octanol–water partition coefficient (Wildman–Crippen LogP) is 3.77. The Morgan fingerprint density at radius 3 is 2.33 bits per heavy atom. The van der Waals surface area contributed by atoms with Crippen molar-refractivity contribution in [1.29, 1.82) is 0 Å². The lowest BCUT2D eigenvalue weighted by molar-refractivity contribution is -0.137. The summed E-state index contributed by atoms with van der Waals surface area (Å²) in [6, 6.07) is 3.36. The number of ether oxygens (including phenoxy) is 1. The van der Waals surface area contributed by atoms with E-state index in [-0.39, 0.29) is 29.8 Å². The van der Waals surface area contributed by atoms with Crippen LogP contribution in [-0.4, -0.2) is 25.8 Å². The predicted molar refractivity (Wildman–Crippen MR) is 78.6 cm³/mol. The van der Waals surface area contributed by atoms with Crippen LogP contribution in [-0.2, 0) is 10.9 Å². The molecule has 0 radical (unpaired) electrons. The van der Waals surface area contributed by atoms with Gasteiger partial charge in [-0.05, 0) is 24.1 Å². The summed E-state index contributed by atoms with van der Waals surface area (Å²) in [6.07, 6.45) is -4.45. The van der Waals surface area contributed by atoms with Gasteiger partial charge in [0.1, 0.15) is 0 Å². The Hall–Kier alpha value is -0.980. The van der Waals surface area contributed by atoms with Gasteiger partial charge in [0.25, 0.3) is 0 Å². The minimum absolute atomic E-state index is 0.0134. The van der Waals surface area contributed by atoms with Gasteiger partial charge in [0.2, 0.25) is 0 Å². The molecule has 21 heavy (non-hydrogen) atoms. The monoisotopic (exact) mass is 324 g/mol.